The van der Waals surface area contributed by atoms with Crippen LogP contribution in [0.5, 0.6) is 0 Å². The maximum atomic E-state index is 12.4. The van der Waals surface area contributed by atoms with Gasteiger partial charge in [-0.1, -0.05) is 26.2 Å². The molecule has 3 rings (SSSR count). The SMILES string of the molecule is CC1CCCN(c2cc(C(=O)NC3CCCCC3)ncn2)C1. The molecule has 0 radical (unpaired) electrons. The molecule has 0 spiro atoms. The Balaban J connectivity index is 1.66. The van der Waals surface area contributed by atoms with E-state index in [1.165, 1.54) is 38.4 Å². The zero-order chi connectivity index (χ0) is 15.4. The lowest BCUT2D eigenvalue weighted by molar-refractivity contribution is 0.0922. The second kappa shape index (κ2) is 7.07. The van der Waals surface area contributed by atoms with E-state index in [0.717, 1.165) is 31.7 Å². The van der Waals surface area contributed by atoms with Gasteiger partial charge >= 0.3 is 0 Å². The van der Waals surface area contributed by atoms with Crippen molar-refractivity contribution in [3.63, 3.8) is 0 Å². The van der Waals surface area contributed by atoms with Gasteiger partial charge in [0.25, 0.3) is 5.91 Å². The molecule has 22 heavy (non-hydrogen) atoms. The number of carbonyl (C=O) groups is 1. The van der Waals surface area contributed by atoms with Crippen molar-refractivity contribution < 1.29 is 4.79 Å². The molecule has 1 saturated carbocycles. The van der Waals surface area contributed by atoms with Crippen LogP contribution in [0.25, 0.3) is 0 Å². The Morgan fingerprint density at radius 3 is 2.77 bits per heavy atom. The number of nitrogens with one attached hydrogen (secondary N) is 1. The van der Waals surface area contributed by atoms with Crippen LogP contribution in [0.1, 0.15) is 62.4 Å². The molecule has 5 heteroatoms. The Morgan fingerprint density at radius 2 is 2.00 bits per heavy atom. The highest BCUT2D eigenvalue weighted by molar-refractivity contribution is 5.93. The van der Waals surface area contributed by atoms with Gasteiger partial charge in [-0.05, 0) is 31.6 Å². The van der Waals surface area contributed by atoms with E-state index >= 15 is 0 Å². The van der Waals surface area contributed by atoms with Gasteiger partial charge in [-0.25, -0.2) is 9.97 Å². The normalized spacial score (nSPS) is 23.3. The molecule has 1 aliphatic carbocycles. The van der Waals surface area contributed by atoms with Crippen molar-refractivity contribution in [3.05, 3.63) is 18.1 Å². The Kier molecular flexibility index (Phi) is 4.90. The van der Waals surface area contributed by atoms with Crippen LogP contribution >= 0.6 is 0 Å². The van der Waals surface area contributed by atoms with Crippen LogP contribution in [0.2, 0.25) is 0 Å². The van der Waals surface area contributed by atoms with Crippen molar-refractivity contribution in [2.45, 2.75) is 57.9 Å². The summed E-state index contributed by atoms with van der Waals surface area (Å²) < 4.78 is 0. The largest absolute Gasteiger partial charge is 0.356 e. The van der Waals surface area contributed by atoms with E-state index in [-0.39, 0.29) is 5.91 Å². The van der Waals surface area contributed by atoms with Gasteiger partial charge in [0.15, 0.2) is 0 Å². The number of hydrogen-bond donors (Lipinski definition) is 1. The molecule has 2 heterocycles. The van der Waals surface area contributed by atoms with Gasteiger partial charge in [-0.15, -0.1) is 0 Å². The van der Waals surface area contributed by atoms with Crippen molar-refractivity contribution in [3.8, 4) is 0 Å². The Morgan fingerprint density at radius 1 is 1.18 bits per heavy atom. The fourth-order valence-corrected chi connectivity index (χ4v) is 3.55. The number of aromatic nitrogens is 2. The smallest absolute Gasteiger partial charge is 0.270 e. The minimum absolute atomic E-state index is 0.0550. The second-order valence-corrected chi connectivity index (χ2v) is 6.76. The van der Waals surface area contributed by atoms with E-state index in [0.29, 0.717) is 17.7 Å². The first-order chi connectivity index (χ1) is 10.7. The molecule has 1 aromatic heterocycles. The van der Waals surface area contributed by atoms with Gasteiger partial charge in [0.2, 0.25) is 0 Å². The topological polar surface area (TPSA) is 58.1 Å². The van der Waals surface area contributed by atoms with E-state index in [1.807, 2.05) is 6.07 Å². The summed E-state index contributed by atoms with van der Waals surface area (Å²) in [7, 11) is 0. The third kappa shape index (κ3) is 3.76. The van der Waals surface area contributed by atoms with Gasteiger partial charge < -0.3 is 10.2 Å². The number of amides is 1. The summed E-state index contributed by atoms with van der Waals surface area (Å²) in [5.74, 6) is 1.51. The highest BCUT2D eigenvalue weighted by Crippen LogP contribution is 2.22. The van der Waals surface area contributed by atoms with Crippen molar-refractivity contribution in [2.75, 3.05) is 18.0 Å². The number of carbonyl (C=O) groups excluding carboxylic acids is 1. The quantitative estimate of drug-likeness (QED) is 0.933. The summed E-state index contributed by atoms with van der Waals surface area (Å²) in [6, 6.07) is 2.16. The zero-order valence-corrected chi connectivity index (χ0v) is 13.4. The molecule has 5 nitrogen and oxygen atoms in total. The summed E-state index contributed by atoms with van der Waals surface area (Å²) in [5.41, 5.74) is 0.494. The van der Waals surface area contributed by atoms with Crippen LogP contribution in [0.4, 0.5) is 5.82 Å². The van der Waals surface area contributed by atoms with Gasteiger partial charge in [0.1, 0.15) is 17.8 Å². The molecule has 1 N–H and O–H groups in total. The molecular weight excluding hydrogens is 276 g/mol. The molecule has 0 bridgehead atoms. The van der Waals surface area contributed by atoms with Crippen LogP contribution in [0, 0.1) is 5.92 Å². The van der Waals surface area contributed by atoms with Gasteiger partial charge in [-0.3, -0.25) is 4.79 Å². The number of nitrogens with zero attached hydrogens (tertiary/aromatic N) is 3. The summed E-state index contributed by atoms with van der Waals surface area (Å²) in [6.45, 7) is 4.30. The van der Waals surface area contributed by atoms with Crippen molar-refractivity contribution in [1.29, 1.82) is 0 Å². The molecule has 0 aromatic carbocycles. The fourth-order valence-electron chi connectivity index (χ4n) is 3.55. The Hall–Kier alpha value is -1.65. The third-order valence-corrected chi connectivity index (χ3v) is 4.81. The lowest BCUT2D eigenvalue weighted by Crippen LogP contribution is -2.37. The molecule has 1 aromatic rings. The van der Waals surface area contributed by atoms with Gasteiger partial charge in [0.05, 0.1) is 0 Å². The molecule has 2 fully saturated rings. The minimum atomic E-state index is -0.0550. The van der Waals surface area contributed by atoms with E-state index in [2.05, 4.69) is 27.1 Å². The summed E-state index contributed by atoms with van der Waals surface area (Å²) in [5, 5.41) is 3.13. The van der Waals surface area contributed by atoms with Gasteiger partial charge in [0, 0.05) is 25.2 Å². The first kappa shape index (κ1) is 15.3. The van der Waals surface area contributed by atoms with Crippen LogP contribution in [0.3, 0.4) is 0 Å². The summed E-state index contributed by atoms with van der Waals surface area (Å²) in [4.78, 5) is 23.2. The maximum Gasteiger partial charge on any atom is 0.270 e. The van der Waals surface area contributed by atoms with Crippen LogP contribution < -0.4 is 10.2 Å². The molecule has 1 amide bonds. The number of rotatable bonds is 3. The molecule has 1 atom stereocenters. The highest BCUT2D eigenvalue weighted by atomic mass is 16.1. The summed E-state index contributed by atoms with van der Waals surface area (Å²) in [6.07, 6.45) is 9.88. The number of piperidine rings is 1. The number of anilines is 1. The van der Waals surface area contributed by atoms with E-state index < -0.39 is 0 Å². The first-order valence-electron chi connectivity index (χ1n) is 8.60. The standard InChI is InChI=1S/C17H26N4O/c1-13-6-5-9-21(11-13)16-10-15(18-12-19-16)17(22)20-14-7-3-2-4-8-14/h10,12-14H,2-9,11H2,1H3,(H,20,22). The highest BCUT2D eigenvalue weighted by Gasteiger charge is 2.21. The van der Waals surface area contributed by atoms with Crippen molar-refractivity contribution >= 4 is 11.7 Å². The van der Waals surface area contributed by atoms with Gasteiger partial charge in [-0.2, -0.15) is 0 Å². The predicted molar refractivity (Wildman–Crippen MR) is 87.0 cm³/mol. The molecule has 1 unspecified atom stereocenters. The molecule has 120 valence electrons. The minimum Gasteiger partial charge on any atom is -0.356 e. The van der Waals surface area contributed by atoms with E-state index in [9.17, 15) is 4.79 Å². The maximum absolute atomic E-state index is 12.4. The Bertz CT molecular complexity index is 513. The van der Waals surface area contributed by atoms with E-state index in [1.54, 1.807) is 0 Å². The average molecular weight is 302 g/mol. The zero-order valence-electron chi connectivity index (χ0n) is 13.4. The van der Waals surface area contributed by atoms with Crippen LogP contribution in [-0.4, -0.2) is 35.0 Å². The number of hydrogen-bond acceptors (Lipinski definition) is 4. The molecule has 1 aliphatic heterocycles. The molecule has 1 saturated heterocycles. The van der Waals surface area contributed by atoms with E-state index in [4.69, 9.17) is 0 Å². The Labute approximate surface area is 132 Å². The summed E-state index contributed by atoms with van der Waals surface area (Å²) >= 11 is 0. The lowest BCUT2D eigenvalue weighted by Gasteiger charge is -2.31. The van der Waals surface area contributed by atoms with Crippen molar-refractivity contribution in [2.24, 2.45) is 5.92 Å². The monoisotopic (exact) mass is 302 g/mol. The predicted octanol–water partition coefficient (Wildman–Crippen LogP) is 2.78. The lowest BCUT2D eigenvalue weighted by atomic mass is 9.95. The molecule has 2 aliphatic rings. The second-order valence-electron chi connectivity index (χ2n) is 6.76. The molecular formula is C17H26N4O. The van der Waals surface area contributed by atoms with Crippen LogP contribution in [-0.2, 0) is 0 Å². The average Bonchev–Trinajstić information content (AvgIpc) is 2.56. The first-order valence-corrected chi connectivity index (χ1v) is 8.60. The fraction of sp³-hybridized carbons (Fsp3) is 0.706. The van der Waals surface area contributed by atoms with Crippen LogP contribution in [0.15, 0.2) is 12.4 Å². The third-order valence-electron chi connectivity index (χ3n) is 4.81. The van der Waals surface area contributed by atoms with Crippen molar-refractivity contribution in [1.82, 2.24) is 15.3 Å².